The van der Waals surface area contributed by atoms with Gasteiger partial charge < -0.3 is 15.8 Å². The SMILES string of the molecule is N=C(N)c1ccc(NC(=O)c2cc(-c3ccccc3)ccc2C(=O)OCc2ccccc2)cc1. The molecule has 0 aliphatic rings. The van der Waals surface area contributed by atoms with Crippen molar-refractivity contribution in [2.24, 2.45) is 5.73 Å². The van der Waals surface area contributed by atoms with E-state index < -0.39 is 11.9 Å². The third-order valence-corrected chi connectivity index (χ3v) is 5.26. The van der Waals surface area contributed by atoms with Crippen molar-refractivity contribution in [3.8, 4) is 11.1 Å². The van der Waals surface area contributed by atoms with Crippen LogP contribution in [0.2, 0.25) is 0 Å². The molecule has 0 aromatic heterocycles. The largest absolute Gasteiger partial charge is 0.457 e. The van der Waals surface area contributed by atoms with Crippen LogP contribution < -0.4 is 11.1 Å². The minimum Gasteiger partial charge on any atom is -0.457 e. The van der Waals surface area contributed by atoms with E-state index in [-0.39, 0.29) is 23.6 Å². The van der Waals surface area contributed by atoms with Crippen molar-refractivity contribution >= 4 is 23.4 Å². The Morgan fingerprint density at radius 1 is 0.765 bits per heavy atom. The summed E-state index contributed by atoms with van der Waals surface area (Å²) in [4.78, 5) is 26.2. The summed E-state index contributed by atoms with van der Waals surface area (Å²) in [6.07, 6.45) is 0. The van der Waals surface area contributed by atoms with Gasteiger partial charge in [0.05, 0.1) is 11.1 Å². The highest BCUT2D eigenvalue weighted by Crippen LogP contribution is 2.24. The number of hydrogen-bond acceptors (Lipinski definition) is 4. The van der Waals surface area contributed by atoms with Crippen molar-refractivity contribution in [2.45, 2.75) is 6.61 Å². The van der Waals surface area contributed by atoms with Crippen molar-refractivity contribution in [2.75, 3.05) is 5.32 Å². The van der Waals surface area contributed by atoms with Gasteiger partial charge in [-0.1, -0.05) is 66.7 Å². The normalized spacial score (nSPS) is 10.4. The number of esters is 1. The second kappa shape index (κ2) is 10.3. The van der Waals surface area contributed by atoms with Gasteiger partial charge in [-0.15, -0.1) is 0 Å². The van der Waals surface area contributed by atoms with Gasteiger partial charge in [-0.2, -0.15) is 0 Å². The summed E-state index contributed by atoms with van der Waals surface area (Å²) in [5.74, 6) is -1.09. The monoisotopic (exact) mass is 449 g/mol. The number of ether oxygens (including phenoxy) is 1. The molecule has 1 amide bonds. The van der Waals surface area contributed by atoms with Crippen LogP contribution in [-0.2, 0) is 11.3 Å². The first-order valence-corrected chi connectivity index (χ1v) is 10.7. The number of nitrogens with two attached hydrogens (primary N) is 1. The first-order chi connectivity index (χ1) is 16.5. The smallest absolute Gasteiger partial charge is 0.339 e. The molecule has 168 valence electrons. The summed E-state index contributed by atoms with van der Waals surface area (Å²) >= 11 is 0. The third kappa shape index (κ3) is 5.37. The number of amides is 1. The zero-order valence-corrected chi connectivity index (χ0v) is 18.3. The van der Waals surface area contributed by atoms with Gasteiger partial charge in [0.1, 0.15) is 12.4 Å². The molecule has 0 atom stereocenters. The molecule has 0 heterocycles. The van der Waals surface area contributed by atoms with Gasteiger partial charge in [-0.3, -0.25) is 10.2 Å². The topological polar surface area (TPSA) is 105 Å². The molecule has 0 radical (unpaired) electrons. The average molecular weight is 450 g/mol. The molecule has 0 saturated heterocycles. The van der Waals surface area contributed by atoms with Gasteiger partial charge in [0.15, 0.2) is 0 Å². The van der Waals surface area contributed by atoms with E-state index in [0.29, 0.717) is 11.3 Å². The van der Waals surface area contributed by atoms with Gasteiger partial charge >= 0.3 is 5.97 Å². The van der Waals surface area contributed by atoms with Crippen LogP contribution >= 0.6 is 0 Å². The van der Waals surface area contributed by atoms with Crippen LogP contribution in [0.1, 0.15) is 31.8 Å². The Bertz CT molecular complexity index is 1320. The van der Waals surface area contributed by atoms with Gasteiger partial charge in [0.25, 0.3) is 5.91 Å². The van der Waals surface area contributed by atoms with E-state index >= 15 is 0 Å². The second-order valence-electron chi connectivity index (χ2n) is 7.63. The average Bonchev–Trinajstić information content (AvgIpc) is 2.88. The summed E-state index contributed by atoms with van der Waals surface area (Å²) in [7, 11) is 0. The molecule has 0 fully saturated rings. The van der Waals surface area contributed by atoms with E-state index in [4.69, 9.17) is 15.9 Å². The van der Waals surface area contributed by atoms with Crippen LogP contribution in [-0.4, -0.2) is 17.7 Å². The molecule has 4 rings (SSSR count). The van der Waals surface area contributed by atoms with Crippen LogP contribution in [0.3, 0.4) is 0 Å². The van der Waals surface area contributed by atoms with E-state index in [1.54, 1.807) is 42.5 Å². The van der Waals surface area contributed by atoms with Crippen LogP contribution in [0.4, 0.5) is 5.69 Å². The Hall–Kier alpha value is -4.71. The van der Waals surface area contributed by atoms with Gasteiger partial charge in [-0.25, -0.2) is 4.79 Å². The van der Waals surface area contributed by atoms with Gasteiger partial charge in [0.2, 0.25) is 0 Å². The Labute approximate surface area is 197 Å². The summed E-state index contributed by atoms with van der Waals surface area (Å²) in [5, 5.41) is 10.3. The van der Waals surface area contributed by atoms with E-state index in [9.17, 15) is 9.59 Å². The van der Waals surface area contributed by atoms with Crippen molar-refractivity contribution in [1.82, 2.24) is 0 Å². The summed E-state index contributed by atoms with van der Waals surface area (Å²) < 4.78 is 5.49. The third-order valence-electron chi connectivity index (χ3n) is 5.26. The van der Waals surface area contributed by atoms with Crippen molar-refractivity contribution in [3.63, 3.8) is 0 Å². The molecular weight excluding hydrogens is 426 g/mol. The highest BCUT2D eigenvalue weighted by Gasteiger charge is 2.20. The molecular formula is C28H23N3O3. The van der Waals surface area contributed by atoms with Crippen LogP contribution in [0.25, 0.3) is 11.1 Å². The first-order valence-electron chi connectivity index (χ1n) is 10.7. The number of benzene rings is 4. The molecule has 6 heteroatoms. The zero-order valence-electron chi connectivity index (χ0n) is 18.3. The molecule has 0 unspecified atom stereocenters. The number of anilines is 1. The number of carbonyl (C=O) groups is 2. The molecule has 6 nitrogen and oxygen atoms in total. The lowest BCUT2D eigenvalue weighted by Gasteiger charge is -2.13. The number of nitrogens with one attached hydrogen (secondary N) is 2. The molecule has 0 spiro atoms. The minimum atomic E-state index is -0.583. The number of nitrogen functional groups attached to an aromatic ring is 1. The predicted octanol–water partition coefficient (Wildman–Crippen LogP) is 5.25. The first kappa shape index (κ1) is 22.5. The molecule has 34 heavy (non-hydrogen) atoms. The number of rotatable bonds is 7. The molecule has 4 N–H and O–H groups in total. The summed E-state index contributed by atoms with van der Waals surface area (Å²) in [5.41, 5.74) is 9.52. The Morgan fingerprint density at radius 2 is 1.41 bits per heavy atom. The highest BCUT2D eigenvalue weighted by molar-refractivity contribution is 6.12. The summed E-state index contributed by atoms with van der Waals surface area (Å²) in [6.45, 7) is 0.105. The number of carbonyl (C=O) groups excluding carboxylic acids is 2. The standard InChI is InChI=1S/C28H23N3O3/c29-26(30)21-11-14-23(15-12-21)31-27(32)25-17-22(20-9-5-2-6-10-20)13-16-24(25)28(33)34-18-19-7-3-1-4-8-19/h1-17H,18H2,(H3,29,30)(H,31,32). The summed E-state index contributed by atoms with van der Waals surface area (Å²) in [6, 6.07) is 30.7. The predicted molar refractivity (Wildman–Crippen MR) is 133 cm³/mol. The van der Waals surface area contributed by atoms with Crippen LogP contribution in [0.15, 0.2) is 103 Å². The number of amidine groups is 1. The van der Waals surface area contributed by atoms with E-state index in [2.05, 4.69) is 5.32 Å². The molecule has 4 aromatic rings. The Balaban J connectivity index is 1.63. The van der Waals surface area contributed by atoms with Crippen LogP contribution in [0, 0.1) is 5.41 Å². The molecule has 0 saturated carbocycles. The van der Waals surface area contributed by atoms with Crippen molar-refractivity contribution in [1.29, 1.82) is 5.41 Å². The lowest BCUT2D eigenvalue weighted by atomic mass is 9.98. The quantitative estimate of drug-likeness (QED) is 0.204. The molecule has 0 bridgehead atoms. The fourth-order valence-corrected chi connectivity index (χ4v) is 3.45. The Kier molecular flexibility index (Phi) is 6.79. The maximum absolute atomic E-state index is 13.2. The molecule has 0 aliphatic carbocycles. The van der Waals surface area contributed by atoms with Crippen molar-refractivity contribution < 1.29 is 14.3 Å². The van der Waals surface area contributed by atoms with Gasteiger partial charge in [0, 0.05) is 11.3 Å². The maximum Gasteiger partial charge on any atom is 0.339 e. The van der Waals surface area contributed by atoms with E-state index in [1.807, 2.05) is 60.7 Å². The lowest BCUT2D eigenvalue weighted by Crippen LogP contribution is -2.18. The van der Waals surface area contributed by atoms with Crippen LogP contribution in [0.5, 0.6) is 0 Å². The van der Waals surface area contributed by atoms with E-state index in [1.165, 1.54) is 0 Å². The molecule has 4 aromatic carbocycles. The lowest BCUT2D eigenvalue weighted by molar-refractivity contribution is 0.0470. The fourth-order valence-electron chi connectivity index (χ4n) is 3.45. The minimum absolute atomic E-state index is 0.0584. The number of hydrogen-bond donors (Lipinski definition) is 3. The second-order valence-corrected chi connectivity index (χ2v) is 7.63. The molecule has 0 aliphatic heterocycles. The maximum atomic E-state index is 13.2. The fraction of sp³-hybridized carbons (Fsp3) is 0.0357. The Morgan fingerprint density at radius 3 is 2.06 bits per heavy atom. The van der Waals surface area contributed by atoms with E-state index in [0.717, 1.165) is 16.7 Å². The van der Waals surface area contributed by atoms with Gasteiger partial charge in [-0.05, 0) is 53.1 Å². The highest BCUT2D eigenvalue weighted by atomic mass is 16.5. The zero-order chi connectivity index (χ0) is 23.9. The van der Waals surface area contributed by atoms with Crippen molar-refractivity contribution in [3.05, 3.63) is 125 Å².